The second-order valence-electron chi connectivity index (χ2n) is 7.48. The number of amides is 4. The molecule has 0 radical (unpaired) electrons. The van der Waals surface area contributed by atoms with Crippen LogP contribution in [-0.4, -0.2) is 59.4 Å². The summed E-state index contributed by atoms with van der Waals surface area (Å²) in [5.41, 5.74) is 2.76. The number of benzene rings is 1. The van der Waals surface area contributed by atoms with Gasteiger partial charge in [0.1, 0.15) is 6.04 Å². The van der Waals surface area contributed by atoms with Gasteiger partial charge in [-0.3, -0.25) is 19.5 Å². The lowest BCUT2D eigenvalue weighted by atomic mass is 9.94. The number of imide groups is 1. The average molecular weight is 424 g/mol. The van der Waals surface area contributed by atoms with Crippen LogP contribution in [0.1, 0.15) is 23.1 Å². The molecule has 0 bridgehead atoms. The summed E-state index contributed by atoms with van der Waals surface area (Å²) in [6.07, 6.45) is 3.79. The number of ether oxygens (including phenoxy) is 2. The molecule has 0 spiro atoms. The zero-order valence-corrected chi connectivity index (χ0v) is 17.5. The molecule has 4 amide bonds. The molecule has 1 N–H and O–H groups in total. The first-order chi connectivity index (χ1) is 15.0. The fraction of sp³-hybridized carbons (Fsp3) is 0.364. The quantitative estimate of drug-likeness (QED) is 0.676. The van der Waals surface area contributed by atoms with Gasteiger partial charge in [-0.2, -0.15) is 0 Å². The zero-order valence-electron chi connectivity index (χ0n) is 17.5. The number of carbonyl (C=O) groups is 3. The lowest BCUT2D eigenvalue weighted by Crippen LogP contribution is -2.40. The smallest absolute Gasteiger partial charge is 0.327 e. The number of hydrogen-bond donors (Lipinski definition) is 1. The molecule has 4 rings (SSSR count). The van der Waals surface area contributed by atoms with Crippen molar-refractivity contribution in [3.05, 3.63) is 53.3 Å². The normalized spacial score (nSPS) is 17.3. The van der Waals surface area contributed by atoms with Crippen LogP contribution < -0.4 is 14.8 Å². The monoisotopic (exact) mass is 424 g/mol. The van der Waals surface area contributed by atoms with Crippen LogP contribution in [0.4, 0.5) is 4.79 Å². The van der Waals surface area contributed by atoms with Crippen LogP contribution >= 0.6 is 0 Å². The number of urea groups is 1. The summed E-state index contributed by atoms with van der Waals surface area (Å²) in [6.45, 7) is 0.712. The van der Waals surface area contributed by atoms with E-state index in [1.165, 1.54) is 4.90 Å². The molecular formula is C22H24N4O5. The molecule has 1 saturated heterocycles. The van der Waals surface area contributed by atoms with E-state index in [-0.39, 0.29) is 30.8 Å². The van der Waals surface area contributed by atoms with Crippen LogP contribution in [0.2, 0.25) is 0 Å². The Kier molecular flexibility index (Phi) is 5.75. The highest BCUT2D eigenvalue weighted by molar-refractivity contribution is 6.05. The third-order valence-electron chi connectivity index (χ3n) is 5.64. The summed E-state index contributed by atoms with van der Waals surface area (Å²) in [7, 11) is 3.12. The maximum Gasteiger partial charge on any atom is 0.327 e. The Bertz CT molecular complexity index is 959. The molecule has 0 saturated carbocycles. The number of rotatable bonds is 7. The van der Waals surface area contributed by atoms with Gasteiger partial charge in [0.25, 0.3) is 5.91 Å². The van der Waals surface area contributed by atoms with E-state index in [1.807, 2.05) is 18.2 Å². The summed E-state index contributed by atoms with van der Waals surface area (Å²) in [5, 5.41) is 2.79. The topological polar surface area (TPSA) is 101 Å². The SMILES string of the molecule is COc1cc2c(cc1OC)CN1C(=O)N(CCC(=O)NCc3cccnc3)C(=O)[C@H]1C2. The van der Waals surface area contributed by atoms with E-state index in [0.29, 0.717) is 31.0 Å². The maximum absolute atomic E-state index is 12.9. The number of fused-ring (bicyclic) bond motifs is 2. The Balaban J connectivity index is 1.39. The van der Waals surface area contributed by atoms with E-state index in [4.69, 9.17) is 9.47 Å². The predicted molar refractivity (Wildman–Crippen MR) is 110 cm³/mol. The lowest BCUT2D eigenvalue weighted by molar-refractivity contribution is -0.129. The molecule has 2 aliphatic heterocycles. The van der Waals surface area contributed by atoms with Crippen LogP contribution in [0, 0.1) is 0 Å². The van der Waals surface area contributed by atoms with Crippen molar-refractivity contribution in [1.82, 2.24) is 20.1 Å². The summed E-state index contributed by atoms with van der Waals surface area (Å²) in [5.74, 6) is 0.672. The third-order valence-corrected chi connectivity index (χ3v) is 5.64. The molecule has 0 aliphatic carbocycles. The van der Waals surface area contributed by atoms with Crippen molar-refractivity contribution >= 4 is 17.8 Å². The van der Waals surface area contributed by atoms with Crippen LogP contribution in [-0.2, 0) is 29.1 Å². The number of hydrogen-bond acceptors (Lipinski definition) is 6. The zero-order chi connectivity index (χ0) is 22.0. The Hall–Kier alpha value is -3.62. The summed E-state index contributed by atoms with van der Waals surface area (Å²) >= 11 is 0. The molecule has 9 heteroatoms. The number of carbonyl (C=O) groups excluding carboxylic acids is 3. The van der Waals surface area contributed by atoms with Gasteiger partial charge >= 0.3 is 6.03 Å². The van der Waals surface area contributed by atoms with E-state index in [9.17, 15) is 14.4 Å². The van der Waals surface area contributed by atoms with Crippen molar-refractivity contribution in [2.45, 2.75) is 32.0 Å². The number of methoxy groups -OCH3 is 2. The van der Waals surface area contributed by atoms with E-state index in [2.05, 4.69) is 10.3 Å². The van der Waals surface area contributed by atoms with Crippen molar-refractivity contribution in [3.8, 4) is 11.5 Å². The highest BCUT2D eigenvalue weighted by atomic mass is 16.5. The molecule has 2 aliphatic rings. The van der Waals surface area contributed by atoms with Gasteiger partial charge in [-0.05, 0) is 34.9 Å². The third kappa shape index (κ3) is 4.03. The molecule has 9 nitrogen and oxygen atoms in total. The van der Waals surface area contributed by atoms with Gasteiger partial charge in [-0.25, -0.2) is 4.79 Å². The molecule has 1 fully saturated rings. The van der Waals surface area contributed by atoms with Crippen LogP contribution in [0.3, 0.4) is 0 Å². The van der Waals surface area contributed by atoms with Crippen LogP contribution in [0.5, 0.6) is 11.5 Å². The van der Waals surface area contributed by atoms with Gasteiger partial charge in [0, 0.05) is 44.9 Å². The van der Waals surface area contributed by atoms with Gasteiger partial charge in [0.05, 0.1) is 14.2 Å². The maximum atomic E-state index is 12.9. The molecule has 1 atom stereocenters. The summed E-state index contributed by atoms with van der Waals surface area (Å²) < 4.78 is 10.7. The Morgan fingerprint density at radius 1 is 1.19 bits per heavy atom. The Labute approximate surface area is 179 Å². The van der Waals surface area contributed by atoms with Crippen molar-refractivity contribution in [2.24, 2.45) is 0 Å². The Morgan fingerprint density at radius 3 is 2.61 bits per heavy atom. The summed E-state index contributed by atoms with van der Waals surface area (Å²) in [6, 6.07) is 6.43. The van der Waals surface area contributed by atoms with Crippen LogP contribution in [0.25, 0.3) is 0 Å². The highest BCUT2D eigenvalue weighted by Crippen LogP contribution is 2.37. The first-order valence-corrected chi connectivity index (χ1v) is 10.0. The van der Waals surface area contributed by atoms with Crippen LogP contribution in [0.15, 0.2) is 36.7 Å². The van der Waals surface area contributed by atoms with Gasteiger partial charge < -0.3 is 19.7 Å². The highest BCUT2D eigenvalue weighted by Gasteiger charge is 2.47. The van der Waals surface area contributed by atoms with E-state index in [1.54, 1.807) is 37.6 Å². The predicted octanol–water partition coefficient (Wildman–Crippen LogP) is 1.49. The fourth-order valence-electron chi connectivity index (χ4n) is 3.97. The van der Waals surface area contributed by atoms with Crippen molar-refractivity contribution in [3.63, 3.8) is 0 Å². The van der Waals surface area contributed by atoms with Gasteiger partial charge in [-0.15, -0.1) is 0 Å². The number of pyridine rings is 1. The lowest BCUT2D eigenvalue weighted by Gasteiger charge is -2.29. The minimum atomic E-state index is -0.559. The van der Waals surface area contributed by atoms with Gasteiger partial charge in [0.2, 0.25) is 5.91 Å². The molecule has 162 valence electrons. The van der Waals surface area contributed by atoms with Crippen molar-refractivity contribution in [1.29, 1.82) is 0 Å². The van der Waals surface area contributed by atoms with E-state index >= 15 is 0 Å². The van der Waals surface area contributed by atoms with Crippen molar-refractivity contribution in [2.75, 3.05) is 20.8 Å². The van der Waals surface area contributed by atoms with Gasteiger partial charge in [0.15, 0.2) is 11.5 Å². The molecule has 3 heterocycles. The minimum Gasteiger partial charge on any atom is -0.493 e. The molecule has 31 heavy (non-hydrogen) atoms. The van der Waals surface area contributed by atoms with E-state index < -0.39 is 6.04 Å². The average Bonchev–Trinajstić information content (AvgIpc) is 3.03. The summed E-state index contributed by atoms with van der Waals surface area (Å²) in [4.78, 5) is 44.7. The number of aromatic nitrogens is 1. The molecule has 2 aromatic rings. The Morgan fingerprint density at radius 2 is 1.94 bits per heavy atom. The second-order valence-corrected chi connectivity index (χ2v) is 7.48. The second kappa shape index (κ2) is 8.63. The van der Waals surface area contributed by atoms with Gasteiger partial charge in [-0.1, -0.05) is 6.07 Å². The molecular weight excluding hydrogens is 400 g/mol. The minimum absolute atomic E-state index is 0.0481. The molecule has 1 aromatic heterocycles. The first-order valence-electron chi connectivity index (χ1n) is 10.0. The number of nitrogens with zero attached hydrogens (tertiary/aromatic N) is 3. The first kappa shape index (κ1) is 20.6. The largest absolute Gasteiger partial charge is 0.493 e. The number of nitrogens with one attached hydrogen (secondary N) is 1. The van der Waals surface area contributed by atoms with E-state index in [0.717, 1.165) is 16.7 Å². The molecule has 1 aromatic carbocycles. The fourth-order valence-corrected chi connectivity index (χ4v) is 3.97. The molecule has 0 unspecified atom stereocenters. The standard InChI is InChI=1S/C22H24N4O5/c1-30-18-9-15-8-17-21(28)25(22(29)26(17)13-16(15)10-19(18)31-2)7-5-20(27)24-12-14-4-3-6-23-11-14/h3-4,6,9-11,17H,5,7-8,12-13H2,1-2H3,(H,24,27)/t17-/m1/s1. The van der Waals surface area contributed by atoms with Crippen molar-refractivity contribution < 1.29 is 23.9 Å².